The summed E-state index contributed by atoms with van der Waals surface area (Å²) in [6, 6.07) is 20.8. The predicted molar refractivity (Wildman–Crippen MR) is 131 cm³/mol. The molecular weight excluding hydrogens is 396 g/mol. The highest BCUT2D eigenvalue weighted by molar-refractivity contribution is 5.94. The van der Waals surface area contributed by atoms with Gasteiger partial charge in [-0.2, -0.15) is 0 Å². The molecule has 0 bridgehead atoms. The first-order valence-electron chi connectivity index (χ1n) is 11.2. The molecule has 164 valence electrons. The summed E-state index contributed by atoms with van der Waals surface area (Å²) >= 11 is 0. The Kier molecular flexibility index (Phi) is 4.42. The fourth-order valence-corrected chi connectivity index (χ4v) is 5.17. The van der Waals surface area contributed by atoms with Crippen LogP contribution in [0.15, 0.2) is 66.7 Å². The second kappa shape index (κ2) is 6.86. The predicted octanol–water partition coefficient (Wildman–Crippen LogP) is 5.65. The molecule has 0 radical (unpaired) electrons. The van der Waals surface area contributed by atoms with Gasteiger partial charge in [0.2, 0.25) is 11.6 Å². The molecule has 1 spiro atoms. The number of rotatable bonds is 2. The molecule has 3 aromatic rings. The smallest absolute Gasteiger partial charge is 0.240 e. The maximum atomic E-state index is 13.0. The second-order valence-corrected chi connectivity index (χ2v) is 10.4. The van der Waals surface area contributed by atoms with E-state index in [0.717, 1.165) is 17.0 Å². The fourth-order valence-electron chi connectivity index (χ4n) is 5.17. The van der Waals surface area contributed by atoms with Crippen molar-refractivity contribution in [1.29, 1.82) is 0 Å². The summed E-state index contributed by atoms with van der Waals surface area (Å²) in [5.41, 5.74) is 1.83. The standard InChI is InChI=1S/C28H30N2O2/c1-26(2,3)29-25(31)18-30-23-13-9-8-12-22(23)27(4,5)28(30)17-16-21-20-11-7-6-10-19(20)14-15-24(21)32-28/h6-17H,18H2,1-5H3,(H,29,31)/t28-/m1/s1. The Morgan fingerprint density at radius 1 is 1.00 bits per heavy atom. The number of benzene rings is 3. The van der Waals surface area contributed by atoms with Crippen LogP contribution in [0.2, 0.25) is 0 Å². The third kappa shape index (κ3) is 3.01. The molecule has 1 N–H and O–H groups in total. The number of hydrogen-bond donors (Lipinski definition) is 1. The summed E-state index contributed by atoms with van der Waals surface area (Å²) in [6.07, 6.45) is 4.32. The van der Waals surface area contributed by atoms with Crippen LogP contribution >= 0.6 is 0 Å². The van der Waals surface area contributed by atoms with Crippen molar-refractivity contribution < 1.29 is 9.53 Å². The van der Waals surface area contributed by atoms with Crippen molar-refractivity contribution in [2.75, 3.05) is 11.4 Å². The summed E-state index contributed by atoms with van der Waals surface area (Å²) < 4.78 is 6.89. The maximum absolute atomic E-state index is 13.0. The van der Waals surface area contributed by atoms with Crippen molar-refractivity contribution in [3.63, 3.8) is 0 Å². The summed E-state index contributed by atoms with van der Waals surface area (Å²) in [6.45, 7) is 10.6. The molecule has 4 nitrogen and oxygen atoms in total. The molecule has 2 aliphatic heterocycles. The lowest BCUT2D eigenvalue weighted by molar-refractivity contribution is -0.121. The number of anilines is 1. The van der Waals surface area contributed by atoms with Gasteiger partial charge >= 0.3 is 0 Å². The molecule has 3 aromatic carbocycles. The first kappa shape index (κ1) is 20.6. The van der Waals surface area contributed by atoms with Crippen LogP contribution in [0.4, 0.5) is 5.69 Å². The Morgan fingerprint density at radius 2 is 1.72 bits per heavy atom. The number of fused-ring (bicyclic) bond motifs is 4. The molecule has 0 unspecified atom stereocenters. The van der Waals surface area contributed by atoms with Gasteiger partial charge in [0.15, 0.2) is 0 Å². The van der Waals surface area contributed by atoms with Gasteiger partial charge in [-0.1, -0.05) is 48.5 Å². The minimum absolute atomic E-state index is 0.0225. The van der Waals surface area contributed by atoms with Crippen molar-refractivity contribution in [2.24, 2.45) is 0 Å². The van der Waals surface area contributed by atoms with E-state index >= 15 is 0 Å². The molecule has 0 aromatic heterocycles. The van der Waals surface area contributed by atoms with Crippen molar-refractivity contribution >= 4 is 28.4 Å². The molecule has 1 amide bonds. The van der Waals surface area contributed by atoms with Gasteiger partial charge in [0.25, 0.3) is 0 Å². The molecule has 4 heteroatoms. The molecule has 5 rings (SSSR count). The molecule has 0 fully saturated rings. The minimum Gasteiger partial charge on any atom is -0.463 e. The van der Waals surface area contributed by atoms with Crippen molar-refractivity contribution in [3.05, 3.63) is 77.9 Å². The number of para-hydroxylation sites is 1. The molecule has 0 aliphatic carbocycles. The van der Waals surface area contributed by atoms with Crippen LogP contribution in [0.3, 0.4) is 0 Å². The number of ether oxygens (including phenoxy) is 1. The van der Waals surface area contributed by atoms with Crippen LogP contribution in [0, 0.1) is 0 Å². The first-order valence-corrected chi connectivity index (χ1v) is 11.2. The van der Waals surface area contributed by atoms with E-state index in [9.17, 15) is 4.79 Å². The number of hydrogen-bond acceptors (Lipinski definition) is 3. The average Bonchev–Trinajstić information content (AvgIpc) is 2.91. The summed E-state index contributed by atoms with van der Waals surface area (Å²) in [7, 11) is 0. The van der Waals surface area contributed by atoms with E-state index in [1.54, 1.807) is 0 Å². The van der Waals surface area contributed by atoms with E-state index < -0.39 is 5.72 Å². The molecule has 1 atom stereocenters. The highest BCUT2D eigenvalue weighted by atomic mass is 16.5. The number of carbonyl (C=O) groups excluding carboxylic acids is 1. The fraction of sp³-hybridized carbons (Fsp3) is 0.321. The van der Waals surface area contributed by atoms with E-state index in [-0.39, 0.29) is 23.4 Å². The van der Waals surface area contributed by atoms with Crippen LogP contribution < -0.4 is 15.0 Å². The van der Waals surface area contributed by atoms with E-state index in [1.807, 2.05) is 26.8 Å². The van der Waals surface area contributed by atoms with Crippen LogP contribution in [-0.4, -0.2) is 23.7 Å². The van der Waals surface area contributed by atoms with E-state index in [0.29, 0.717) is 0 Å². The van der Waals surface area contributed by atoms with Gasteiger partial charge in [-0.25, -0.2) is 0 Å². The van der Waals surface area contributed by atoms with Crippen molar-refractivity contribution in [2.45, 2.75) is 51.3 Å². The highest BCUT2D eigenvalue weighted by Crippen LogP contribution is 2.55. The zero-order chi connectivity index (χ0) is 22.7. The SMILES string of the molecule is CC(C)(C)NC(=O)CN1c2ccccc2C(C)(C)[C@]12C=Cc1c(ccc3ccccc13)O2. The third-order valence-corrected chi connectivity index (χ3v) is 6.65. The van der Waals surface area contributed by atoms with Crippen molar-refractivity contribution in [1.82, 2.24) is 5.32 Å². The Morgan fingerprint density at radius 3 is 2.50 bits per heavy atom. The van der Waals surface area contributed by atoms with E-state index in [2.05, 4.69) is 90.8 Å². The van der Waals surface area contributed by atoms with Gasteiger partial charge in [-0.15, -0.1) is 0 Å². The summed E-state index contributed by atoms with van der Waals surface area (Å²) in [4.78, 5) is 15.2. The number of nitrogens with zero attached hydrogens (tertiary/aromatic N) is 1. The van der Waals surface area contributed by atoms with Gasteiger partial charge in [-0.3, -0.25) is 4.79 Å². The lowest BCUT2D eigenvalue weighted by atomic mass is 9.76. The molecule has 0 saturated heterocycles. The minimum atomic E-state index is -0.804. The molecule has 2 heterocycles. The van der Waals surface area contributed by atoms with Gasteiger partial charge in [0.1, 0.15) is 12.3 Å². The largest absolute Gasteiger partial charge is 0.463 e. The Hall–Kier alpha value is -3.27. The molecule has 32 heavy (non-hydrogen) atoms. The zero-order valence-electron chi connectivity index (χ0n) is 19.4. The van der Waals surface area contributed by atoms with Gasteiger partial charge < -0.3 is 15.0 Å². The third-order valence-electron chi connectivity index (χ3n) is 6.65. The van der Waals surface area contributed by atoms with Crippen molar-refractivity contribution in [3.8, 4) is 5.75 Å². The monoisotopic (exact) mass is 426 g/mol. The van der Waals surface area contributed by atoms with Crippen LogP contribution in [0.5, 0.6) is 5.75 Å². The van der Waals surface area contributed by atoms with Gasteiger partial charge in [0.05, 0.1) is 5.41 Å². The maximum Gasteiger partial charge on any atom is 0.240 e. The number of amides is 1. The molecular formula is C28H30N2O2. The normalized spacial score (nSPS) is 20.7. The molecule has 0 saturated carbocycles. The highest BCUT2D eigenvalue weighted by Gasteiger charge is 2.59. The average molecular weight is 427 g/mol. The van der Waals surface area contributed by atoms with Crippen LogP contribution in [0.25, 0.3) is 16.8 Å². The van der Waals surface area contributed by atoms with Gasteiger partial charge in [-0.05, 0) is 75.2 Å². The first-order chi connectivity index (χ1) is 15.1. The zero-order valence-corrected chi connectivity index (χ0v) is 19.4. The number of carbonyl (C=O) groups is 1. The Labute approximate surface area is 189 Å². The van der Waals surface area contributed by atoms with E-state index in [1.165, 1.54) is 16.3 Å². The molecule has 2 aliphatic rings. The van der Waals surface area contributed by atoms with Crippen LogP contribution in [0.1, 0.15) is 45.7 Å². The van der Waals surface area contributed by atoms with Gasteiger partial charge in [0, 0.05) is 16.8 Å². The summed E-state index contributed by atoms with van der Waals surface area (Å²) in [5.74, 6) is 0.819. The quantitative estimate of drug-likeness (QED) is 0.575. The topological polar surface area (TPSA) is 41.6 Å². The van der Waals surface area contributed by atoms with Crippen LogP contribution in [-0.2, 0) is 10.2 Å². The summed E-state index contributed by atoms with van der Waals surface area (Å²) in [5, 5.41) is 5.46. The van der Waals surface area contributed by atoms with E-state index in [4.69, 9.17) is 4.74 Å². The lowest BCUT2D eigenvalue weighted by Gasteiger charge is -2.47. The second-order valence-electron chi connectivity index (χ2n) is 10.4. The Balaban J connectivity index is 1.64. The Bertz CT molecular complexity index is 1250. The lowest BCUT2D eigenvalue weighted by Crippen LogP contribution is -2.61. The number of nitrogens with one attached hydrogen (secondary N) is 1.